The molecule has 0 saturated heterocycles. The van der Waals surface area contributed by atoms with Crippen LogP contribution in [0.2, 0.25) is 0 Å². The number of methoxy groups -OCH3 is 1. The van der Waals surface area contributed by atoms with Gasteiger partial charge in [-0.3, -0.25) is 4.79 Å². The standard InChI is InChI=1S/C27H27NO3/c1-19(2)17-28-24-12-8-7-11-22(24)23(27(28)29)15-21-13-14-25(26(16-21)30-3)31-18-20-9-5-4-6-10-20/h4-16,19H,17-18H2,1-3H3/b23-15-. The van der Waals surface area contributed by atoms with Gasteiger partial charge in [0.25, 0.3) is 5.91 Å². The summed E-state index contributed by atoms with van der Waals surface area (Å²) in [5.41, 5.74) is 4.64. The Morgan fingerprint density at radius 2 is 1.68 bits per heavy atom. The molecule has 3 aromatic carbocycles. The number of fused-ring (bicyclic) bond motifs is 1. The molecule has 4 nitrogen and oxygen atoms in total. The second-order valence-electron chi connectivity index (χ2n) is 8.07. The number of nitrogens with zero attached hydrogens (tertiary/aromatic N) is 1. The summed E-state index contributed by atoms with van der Waals surface area (Å²) in [6.45, 7) is 5.41. The maximum atomic E-state index is 13.2. The fourth-order valence-electron chi connectivity index (χ4n) is 3.79. The summed E-state index contributed by atoms with van der Waals surface area (Å²) in [6, 6.07) is 23.7. The van der Waals surface area contributed by atoms with Crippen LogP contribution in [0.5, 0.6) is 11.5 Å². The van der Waals surface area contributed by atoms with Crippen molar-refractivity contribution in [2.75, 3.05) is 18.6 Å². The van der Waals surface area contributed by atoms with Crippen LogP contribution in [0.1, 0.15) is 30.5 Å². The number of carbonyl (C=O) groups excluding carboxylic acids is 1. The second-order valence-corrected chi connectivity index (χ2v) is 8.07. The predicted molar refractivity (Wildman–Crippen MR) is 125 cm³/mol. The summed E-state index contributed by atoms with van der Waals surface area (Å²) in [5.74, 6) is 1.74. The number of carbonyl (C=O) groups is 1. The van der Waals surface area contributed by atoms with Crippen LogP contribution in [0.25, 0.3) is 11.6 Å². The van der Waals surface area contributed by atoms with Gasteiger partial charge in [0.05, 0.1) is 12.8 Å². The van der Waals surface area contributed by atoms with E-state index in [0.29, 0.717) is 36.1 Å². The van der Waals surface area contributed by atoms with Crippen molar-refractivity contribution < 1.29 is 14.3 Å². The van der Waals surface area contributed by atoms with Crippen molar-refractivity contribution in [1.29, 1.82) is 0 Å². The van der Waals surface area contributed by atoms with Gasteiger partial charge in [-0.2, -0.15) is 0 Å². The molecule has 158 valence electrons. The van der Waals surface area contributed by atoms with Crippen molar-refractivity contribution in [3.63, 3.8) is 0 Å². The summed E-state index contributed by atoms with van der Waals surface area (Å²) in [4.78, 5) is 15.1. The zero-order valence-electron chi connectivity index (χ0n) is 18.2. The molecule has 0 bridgehead atoms. The van der Waals surface area contributed by atoms with Gasteiger partial charge in [0.1, 0.15) is 6.61 Å². The van der Waals surface area contributed by atoms with E-state index >= 15 is 0 Å². The van der Waals surface area contributed by atoms with Crippen LogP contribution in [0.15, 0.2) is 72.8 Å². The van der Waals surface area contributed by atoms with E-state index in [0.717, 1.165) is 22.4 Å². The van der Waals surface area contributed by atoms with Crippen molar-refractivity contribution in [1.82, 2.24) is 0 Å². The first-order chi connectivity index (χ1) is 15.1. The third-order valence-corrected chi connectivity index (χ3v) is 5.24. The molecule has 0 spiro atoms. The SMILES string of the molecule is COc1cc(/C=C2\C(=O)N(CC(C)C)c3ccccc32)ccc1OCc1ccccc1. The fourth-order valence-corrected chi connectivity index (χ4v) is 3.79. The topological polar surface area (TPSA) is 38.8 Å². The molecule has 4 rings (SSSR count). The molecule has 4 heteroatoms. The molecule has 0 N–H and O–H groups in total. The van der Waals surface area contributed by atoms with Crippen LogP contribution < -0.4 is 14.4 Å². The molecule has 0 atom stereocenters. The highest BCUT2D eigenvalue weighted by molar-refractivity contribution is 6.35. The van der Waals surface area contributed by atoms with Gasteiger partial charge < -0.3 is 14.4 Å². The lowest BCUT2D eigenvalue weighted by molar-refractivity contribution is -0.113. The Morgan fingerprint density at radius 3 is 2.42 bits per heavy atom. The van der Waals surface area contributed by atoms with Gasteiger partial charge in [-0.15, -0.1) is 0 Å². The monoisotopic (exact) mass is 413 g/mol. The molecule has 1 aliphatic heterocycles. The number of amides is 1. The van der Waals surface area contributed by atoms with E-state index in [9.17, 15) is 4.79 Å². The zero-order valence-corrected chi connectivity index (χ0v) is 18.2. The molecule has 1 amide bonds. The fraction of sp³-hybridized carbons (Fsp3) is 0.222. The molecule has 0 saturated carbocycles. The predicted octanol–water partition coefficient (Wildman–Crippen LogP) is 5.82. The van der Waals surface area contributed by atoms with E-state index in [-0.39, 0.29) is 5.91 Å². The molecule has 0 radical (unpaired) electrons. The number of benzene rings is 3. The van der Waals surface area contributed by atoms with E-state index in [1.807, 2.05) is 83.8 Å². The highest BCUT2D eigenvalue weighted by atomic mass is 16.5. The first-order valence-electron chi connectivity index (χ1n) is 10.5. The van der Waals surface area contributed by atoms with Crippen molar-refractivity contribution in [2.24, 2.45) is 5.92 Å². The molecule has 0 aliphatic carbocycles. The van der Waals surface area contributed by atoms with Crippen LogP contribution in [0, 0.1) is 5.92 Å². The summed E-state index contributed by atoms with van der Waals surface area (Å²) < 4.78 is 11.5. The Bertz CT molecular complexity index is 1100. The van der Waals surface area contributed by atoms with E-state index in [1.165, 1.54) is 0 Å². The number of rotatable bonds is 7. The number of ether oxygens (including phenoxy) is 2. The minimum atomic E-state index is 0.0401. The third-order valence-electron chi connectivity index (χ3n) is 5.24. The maximum absolute atomic E-state index is 13.2. The highest BCUT2D eigenvalue weighted by Crippen LogP contribution is 2.39. The lowest BCUT2D eigenvalue weighted by atomic mass is 10.0. The summed E-state index contributed by atoms with van der Waals surface area (Å²) in [5, 5.41) is 0. The minimum absolute atomic E-state index is 0.0401. The Morgan fingerprint density at radius 1 is 0.935 bits per heavy atom. The number of hydrogen-bond acceptors (Lipinski definition) is 3. The second kappa shape index (κ2) is 9.09. The van der Waals surface area contributed by atoms with E-state index < -0.39 is 0 Å². The zero-order chi connectivity index (χ0) is 21.8. The Hall–Kier alpha value is -3.53. The lowest BCUT2D eigenvalue weighted by Crippen LogP contribution is -2.30. The average molecular weight is 414 g/mol. The Labute approximate surface area is 183 Å². The Kier molecular flexibility index (Phi) is 6.08. The van der Waals surface area contributed by atoms with Crippen LogP contribution in [-0.4, -0.2) is 19.6 Å². The molecular formula is C27H27NO3. The normalized spacial score (nSPS) is 14.3. The largest absolute Gasteiger partial charge is 0.493 e. The first-order valence-corrected chi connectivity index (χ1v) is 10.5. The Balaban J connectivity index is 1.61. The lowest BCUT2D eigenvalue weighted by Gasteiger charge is -2.19. The molecule has 0 unspecified atom stereocenters. The van der Waals surface area contributed by atoms with E-state index in [1.54, 1.807) is 7.11 Å². The maximum Gasteiger partial charge on any atom is 0.259 e. The van der Waals surface area contributed by atoms with Crippen molar-refractivity contribution in [2.45, 2.75) is 20.5 Å². The number of para-hydroxylation sites is 1. The van der Waals surface area contributed by atoms with Crippen molar-refractivity contribution >= 4 is 23.2 Å². The van der Waals surface area contributed by atoms with Crippen molar-refractivity contribution in [3.05, 3.63) is 89.5 Å². The van der Waals surface area contributed by atoms with Gasteiger partial charge >= 0.3 is 0 Å². The van der Waals surface area contributed by atoms with Gasteiger partial charge in [-0.1, -0.05) is 68.4 Å². The molecule has 1 aliphatic rings. The first kappa shape index (κ1) is 20.7. The molecule has 0 aromatic heterocycles. The third kappa shape index (κ3) is 4.48. The van der Waals surface area contributed by atoms with Crippen LogP contribution in [0.3, 0.4) is 0 Å². The van der Waals surface area contributed by atoms with Crippen LogP contribution in [-0.2, 0) is 11.4 Å². The molecule has 31 heavy (non-hydrogen) atoms. The van der Waals surface area contributed by atoms with Crippen molar-refractivity contribution in [3.8, 4) is 11.5 Å². The summed E-state index contributed by atoms with van der Waals surface area (Å²) in [7, 11) is 1.63. The van der Waals surface area contributed by atoms with Gasteiger partial charge in [0, 0.05) is 17.7 Å². The van der Waals surface area contributed by atoms with Gasteiger partial charge in [0.15, 0.2) is 11.5 Å². The molecule has 3 aromatic rings. The van der Waals surface area contributed by atoms with E-state index in [2.05, 4.69) is 13.8 Å². The molecular weight excluding hydrogens is 386 g/mol. The highest BCUT2D eigenvalue weighted by Gasteiger charge is 2.32. The minimum Gasteiger partial charge on any atom is -0.493 e. The van der Waals surface area contributed by atoms with Gasteiger partial charge in [-0.25, -0.2) is 0 Å². The smallest absolute Gasteiger partial charge is 0.259 e. The van der Waals surface area contributed by atoms with Crippen LogP contribution in [0.4, 0.5) is 5.69 Å². The molecule has 1 heterocycles. The summed E-state index contributed by atoms with van der Waals surface area (Å²) in [6.07, 6.45) is 1.94. The van der Waals surface area contributed by atoms with Gasteiger partial charge in [-0.05, 0) is 41.3 Å². The summed E-state index contributed by atoms with van der Waals surface area (Å²) >= 11 is 0. The van der Waals surface area contributed by atoms with E-state index in [4.69, 9.17) is 9.47 Å². The van der Waals surface area contributed by atoms with Gasteiger partial charge in [0.2, 0.25) is 0 Å². The number of hydrogen-bond donors (Lipinski definition) is 0. The quantitative estimate of drug-likeness (QED) is 0.458. The molecule has 0 fully saturated rings. The number of anilines is 1. The average Bonchev–Trinajstić information content (AvgIpc) is 3.04. The van der Waals surface area contributed by atoms with Crippen LogP contribution >= 0.6 is 0 Å².